The topological polar surface area (TPSA) is 89.2 Å². The summed E-state index contributed by atoms with van der Waals surface area (Å²) in [6.45, 7) is 3.54. The molecular weight excluding hydrogens is 236 g/mol. The van der Waals surface area contributed by atoms with Crippen LogP contribution >= 0.6 is 0 Å². The Hall–Kier alpha value is -1.89. The summed E-state index contributed by atoms with van der Waals surface area (Å²) in [7, 11) is 1.52. The van der Waals surface area contributed by atoms with Crippen molar-refractivity contribution in [3.05, 3.63) is 27.9 Å². The van der Waals surface area contributed by atoms with Gasteiger partial charge < -0.3 is 20.7 Å². The fraction of sp³-hybridized carbons (Fsp3) is 0.545. The number of carbonyl (C=O) groups excluding carboxylic acids is 1. The maximum absolute atomic E-state index is 12.1. The number of aromatic nitrogens is 1. The Morgan fingerprint density at radius 2 is 2.33 bits per heavy atom. The van der Waals surface area contributed by atoms with Gasteiger partial charge in [0.15, 0.2) is 5.69 Å². The molecule has 7 heteroatoms. The summed E-state index contributed by atoms with van der Waals surface area (Å²) in [5.74, 6) is -0.369. The van der Waals surface area contributed by atoms with Crippen molar-refractivity contribution in [3.8, 4) is 0 Å². The standard InChI is InChI=1S/C11H16N4O3/c1-11(5-6-12-7-11)13-10(16)8-3-4-9(14(8)2)15(17)18/h3-4,12H,5-7H2,1-2H3,(H,13,16). The van der Waals surface area contributed by atoms with Gasteiger partial charge in [-0.15, -0.1) is 0 Å². The van der Waals surface area contributed by atoms with E-state index in [-0.39, 0.29) is 17.3 Å². The lowest BCUT2D eigenvalue weighted by molar-refractivity contribution is -0.391. The number of nitrogens with zero attached hydrogens (tertiary/aromatic N) is 2. The van der Waals surface area contributed by atoms with Crippen molar-refractivity contribution in [2.45, 2.75) is 18.9 Å². The van der Waals surface area contributed by atoms with Crippen LogP contribution in [0.4, 0.5) is 5.82 Å². The number of nitrogens with one attached hydrogen (secondary N) is 2. The predicted molar refractivity (Wildman–Crippen MR) is 65.4 cm³/mol. The molecule has 0 saturated carbocycles. The third-order valence-electron chi connectivity index (χ3n) is 3.30. The number of hydrogen-bond donors (Lipinski definition) is 2. The third kappa shape index (κ3) is 2.21. The smallest absolute Gasteiger partial charge is 0.323 e. The highest BCUT2D eigenvalue weighted by Gasteiger charge is 2.32. The highest BCUT2D eigenvalue weighted by atomic mass is 16.6. The predicted octanol–water partition coefficient (Wildman–Crippen LogP) is 0.415. The van der Waals surface area contributed by atoms with Crippen LogP contribution in [0.2, 0.25) is 0 Å². The highest BCUT2D eigenvalue weighted by molar-refractivity contribution is 5.93. The van der Waals surface area contributed by atoms with Crippen molar-refractivity contribution in [2.75, 3.05) is 13.1 Å². The van der Waals surface area contributed by atoms with Crippen LogP contribution < -0.4 is 10.6 Å². The molecule has 1 aliphatic heterocycles. The Morgan fingerprint density at radius 3 is 2.83 bits per heavy atom. The number of amides is 1. The first-order valence-corrected chi connectivity index (χ1v) is 5.76. The average molecular weight is 252 g/mol. The second-order valence-electron chi connectivity index (χ2n) is 4.83. The Kier molecular flexibility index (Phi) is 3.08. The van der Waals surface area contributed by atoms with Crippen molar-refractivity contribution in [1.29, 1.82) is 0 Å². The van der Waals surface area contributed by atoms with E-state index >= 15 is 0 Å². The van der Waals surface area contributed by atoms with E-state index in [9.17, 15) is 14.9 Å². The van der Waals surface area contributed by atoms with E-state index < -0.39 is 4.92 Å². The first-order chi connectivity index (χ1) is 8.43. The lowest BCUT2D eigenvalue weighted by Crippen LogP contribution is -2.47. The fourth-order valence-electron chi connectivity index (χ4n) is 2.17. The van der Waals surface area contributed by atoms with Crippen molar-refractivity contribution >= 4 is 11.7 Å². The molecular formula is C11H16N4O3. The summed E-state index contributed by atoms with van der Waals surface area (Å²) in [5, 5.41) is 16.8. The first kappa shape index (κ1) is 12.6. The summed E-state index contributed by atoms with van der Waals surface area (Å²) in [5.41, 5.74) is 0.0191. The zero-order valence-corrected chi connectivity index (χ0v) is 10.4. The van der Waals surface area contributed by atoms with Crippen molar-refractivity contribution in [1.82, 2.24) is 15.2 Å². The SMILES string of the molecule is Cn1c(C(=O)NC2(C)CCNC2)ccc1[N+](=O)[O-]. The molecule has 7 nitrogen and oxygen atoms in total. The summed E-state index contributed by atoms with van der Waals surface area (Å²) in [6.07, 6.45) is 0.852. The molecule has 18 heavy (non-hydrogen) atoms. The normalized spacial score (nSPS) is 23.0. The van der Waals surface area contributed by atoms with E-state index in [1.54, 1.807) is 0 Å². The molecule has 0 aliphatic carbocycles. The lowest BCUT2D eigenvalue weighted by atomic mass is 10.0. The number of rotatable bonds is 3. The van der Waals surface area contributed by atoms with E-state index in [1.807, 2.05) is 6.92 Å². The molecule has 1 fully saturated rings. The molecule has 2 N–H and O–H groups in total. The molecule has 0 bridgehead atoms. The van der Waals surface area contributed by atoms with Gasteiger partial charge in [-0.25, -0.2) is 4.57 Å². The Labute approximate surface area is 104 Å². The van der Waals surface area contributed by atoms with Crippen molar-refractivity contribution < 1.29 is 9.72 Å². The fourth-order valence-corrected chi connectivity index (χ4v) is 2.17. The number of hydrogen-bond acceptors (Lipinski definition) is 4. The minimum Gasteiger partial charge on any atom is -0.358 e. The zero-order valence-electron chi connectivity index (χ0n) is 10.4. The van der Waals surface area contributed by atoms with Crippen LogP contribution in [0.3, 0.4) is 0 Å². The van der Waals surface area contributed by atoms with Crippen LogP contribution in [0, 0.1) is 10.1 Å². The second kappa shape index (κ2) is 4.41. The second-order valence-corrected chi connectivity index (χ2v) is 4.83. The minimum atomic E-state index is -0.504. The van der Waals surface area contributed by atoms with Crippen LogP contribution in [0.15, 0.2) is 12.1 Å². The van der Waals surface area contributed by atoms with Crippen LogP contribution in [0.5, 0.6) is 0 Å². The molecule has 1 atom stereocenters. The van der Waals surface area contributed by atoms with Gasteiger partial charge in [-0.3, -0.25) is 4.79 Å². The zero-order chi connectivity index (χ0) is 13.3. The van der Waals surface area contributed by atoms with Crippen LogP contribution in [-0.4, -0.2) is 34.0 Å². The van der Waals surface area contributed by atoms with Crippen molar-refractivity contribution in [2.24, 2.45) is 7.05 Å². The van der Waals surface area contributed by atoms with E-state index in [1.165, 1.54) is 23.7 Å². The summed E-state index contributed by atoms with van der Waals surface area (Å²) in [4.78, 5) is 22.3. The lowest BCUT2D eigenvalue weighted by Gasteiger charge is -2.23. The average Bonchev–Trinajstić information content (AvgIpc) is 2.84. The van der Waals surface area contributed by atoms with Gasteiger partial charge >= 0.3 is 5.82 Å². The first-order valence-electron chi connectivity index (χ1n) is 5.76. The Morgan fingerprint density at radius 1 is 1.61 bits per heavy atom. The van der Waals surface area contributed by atoms with Gasteiger partial charge in [-0.2, -0.15) is 0 Å². The van der Waals surface area contributed by atoms with Gasteiger partial charge in [-0.05, 0) is 30.9 Å². The quantitative estimate of drug-likeness (QED) is 0.602. The molecule has 2 heterocycles. The van der Waals surface area contributed by atoms with E-state index in [0.29, 0.717) is 12.2 Å². The van der Waals surface area contributed by atoms with Gasteiger partial charge in [-0.1, -0.05) is 0 Å². The maximum atomic E-state index is 12.1. The van der Waals surface area contributed by atoms with Crippen LogP contribution in [-0.2, 0) is 7.05 Å². The molecule has 1 unspecified atom stereocenters. The van der Waals surface area contributed by atoms with Crippen molar-refractivity contribution in [3.63, 3.8) is 0 Å². The van der Waals surface area contributed by atoms with Gasteiger partial charge in [0.1, 0.15) is 0 Å². The molecule has 0 spiro atoms. The molecule has 1 aromatic heterocycles. The largest absolute Gasteiger partial charge is 0.358 e. The maximum Gasteiger partial charge on any atom is 0.323 e. The molecule has 1 aromatic rings. The highest BCUT2D eigenvalue weighted by Crippen LogP contribution is 2.18. The van der Waals surface area contributed by atoms with Gasteiger partial charge in [0.2, 0.25) is 0 Å². The van der Waals surface area contributed by atoms with E-state index in [4.69, 9.17) is 0 Å². The summed E-state index contributed by atoms with van der Waals surface area (Å²) < 4.78 is 1.29. The minimum absolute atomic E-state index is 0.0881. The molecule has 0 aromatic carbocycles. The number of nitro groups is 1. The summed E-state index contributed by atoms with van der Waals surface area (Å²) >= 11 is 0. The molecule has 0 radical (unpaired) electrons. The Balaban J connectivity index is 2.16. The third-order valence-corrected chi connectivity index (χ3v) is 3.30. The molecule has 1 aliphatic rings. The molecule has 1 saturated heterocycles. The van der Waals surface area contributed by atoms with E-state index in [0.717, 1.165) is 13.0 Å². The van der Waals surface area contributed by atoms with Gasteiger partial charge in [0.05, 0.1) is 12.6 Å². The van der Waals surface area contributed by atoms with Gasteiger partial charge in [0, 0.05) is 12.6 Å². The summed E-state index contributed by atoms with van der Waals surface area (Å²) in [6, 6.07) is 2.81. The van der Waals surface area contributed by atoms with Crippen LogP contribution in [0.1, 0.15) is 23.8 Å². The van der Waals surface area contributed by atoms with Gasteiger partial charge in [0.25, 0.3) is 5.91 Å². The number of carbonyl (C=O) groups is 1. The molecule has 2 rings (SSSR count). The monoisotopic (exact) mass is 252 g/mol. The van der Waals surface area contributed by atoms with Crippen LogP contribution in [0.25, 0.3) is 0 Å². The Bertz CT molecular complexity index is 488. The molecule has 98 valence electrons. The van der Waals surface area contributed by atoms with E-state index in [2.05, 4.69) is 10.6 Å². The molecule has 1 amide bonds.